The summed E-state index contributed by atoms with van der Waals surface area (Å²) in [5, 5.41) is 5.67. The second-order valence-corrected chi connectivity index (χ2v) is 11.9. The Morgan fingerprint density at radius 1 is 1.00 bits per heavy atom. The maximum absolute atomic E-state index is 13.0. The van der Waals surface area contributed by atoms with Gasteiger partial charge in [0.15, 0.2) is 5.84 Å². The lowest BCUT2D eigenvalue weighted by Crippen LogP contribution is -2.58. The van der Waals surface area contributed by atoms with Crippen LogP contribution in [0.5, 0.6) is 0 Å². The molecule has 0 radical (unpaired) electrons. The number of anilines is 1. The molecule has 1 aromatic heterocycles. The van der Waals surface area contributed by atoms with Gasteiger partial charge in [0.05, 0.1) is 43.5 Å². The molecule has 12 heteroatoms. The quantitative estimate of drug-likeness (QED) is 0.273. The van der Waals surface area contributed by atoms with Gasteiger partial charge in [-0.05, 0) is 44.0 Å². The molecule has 5 rings (SSSR count). The average Bonchev–Trinajstić information content (AvgIpc) is 3.61. The zero-order valence-electron chi connectivity index (χ0n) is 19.3. The molecule has 36 heavy (non-hydrogen) atoms. The maximum atomic E-state index is 13.0. The van der Waals surface area contributed by atoms with Crippen molar-refractivity contribution >= 4 is 56.6 Å². The average molecular weight is 566 g/mol. The fourth-order valence-corrected chi connectivity index (χ4v) is 5.83. The second kappa shape index (κ2) is 9.70. The highest BCUT2D eigenvalue weighted by Crippen LogP contribution is 2.46. The van der Waals surface area contributed by atoms with Crippen molar-refractivity contribution in [3.8, 4) is 0 Å². The summed E-state index contributed by atoms with van der Waals surface area (Å²) in [6.45, 7) is 3.66. The fourth-order valence-electron chi connectivity index (χ4n) is 4.36. The number of hydrazone groups is 1. The van der Waals surface area contributed by atoms with E-state index in [9.17, 15) is 8.42 Å². The first-order valence-corrected chi connectivity index (χ1v) is 13.9. The van der Waals surface area contributed by atoms with Gasteiger partial charge in [-0.25, -0.2) is 9.97 Å². The SMILES string of the molecule is Cc1ccc(S(=O)(=O)N/N=C(/c2c(Cl)cccc2Cl)N2CCN(c3ncc(Cl)cn3)CC23CC3)cc1. The van der Waals surface area contributed by atoms with Crippen molar-refractivity contribution in [3.63, 3.8) is 0 Å². The number of halogens is 3. The highest BCUT2D eigenvalue weighted by molar-refractivity contribution is 7.89. The topological polar surface area (TPSA) is 90.8 Å². The van der Waals surface area contributed by atoms with E-state index in [2.05, 4.69) is 29.7 Å². The summed E-state index contributed by atoms with van der Waals surface area (Å²) < 4.78 is 26.1. The van der Waals surface area contributed by atoms with Gasteiger partial charge in [-0.15, -0.1) is 5.10 Å². The molecule has 0 amide bonds. The summed E-state index contributed by atoms with van der Waals surface area (Å²) in [5.74, 6) is 0.982. The number of piperazine rings is 1. The standard InChI is InChI=1S/C24H23Cl3N6O2S/c1-16-5-7-18(8-6-16)36(34,35)31-30-22(21-19(26)3-2-4-20(21)27)33-12-11-32(15-24(33)9-10-24)23-28-13-17(25)14-29-23/h2-8,13-14,31H,9-12,15H2,1H3/b30-22-. The highest BCUT2D eigenvalue weighted by atomic mass is 35.5. The lowest BCUT2D eigenvalue weighted by Gasteiger charge is -2.44. The number of aromatic nitrogens is 2. The van der Waals surface area contributed by atoms with Crippen LogP contribution >= 0.6 is 34.8 Å². The molecule has 2 fully saturated rings. The second-order valence-electron chi connectivity index (χ2n) is 8.94. The Labute approximate surface area is 224 Å². The molecular weight excluding hydrogens is 543 g/mol. The Bertz CT molecular complexity index is 1390. The number of benzene rings is 2. The number of nitrogens with zero attached hydrogens (tertiary/aromatic N) is 5. The van der Waals surface area contributed by atoms with E-state index < -0.39 is 10.0 Å². The van der Waals surface area contributed by atoms with Crippen LogP contribution in [0.25, 0.3) is 0 Å². The third kappa shape index (κ3) is 4.98. The van der Waals surface area contributed by atoms with Gasteiger partial charge in [0, 0.05) is 19.6 Å². The van der Waals surface area contributed by atoms with Gasteiger partial charge in [-0.2, -0.15) is 13.2 Å². The molecule has 1 saturated carbocycles. The fraction of sp³-hybridized carbons (Fsp3) is 0.292. The van der Waals surface area contributed by atoms with Crippen LogP contribution in [0.1, 0.15) is 24.0 Å². The van der Waals surface area contributed by atoms with Gasteiger partial charge < -0.3 is 9.80 Å². The summed E-state index contributed by atoms with van der Waals surface area (Å²) in [6.07, 6.45) is 4.93. The summed E-state index contributed by atoms with van der Waals surface area (Å²) in [6, 6.07) is 11.7. The minimum atomic E-state index is -3.91. The first kappa shape index (κ1) is 25.1. The van der Waals surface area contributed by atoms with E-state index in [-0.39, 0.29) is 10.4 Å². The predicted molar refractivity (Wildman–Crippen MR) is 142 cm³/mol. The van der Waals surface area contributed by atoms with Gasteiger partial charge in [0.25, 0.3) is 10.0 Å². The molecule has 8 nitrogen and oxygen atoms in total. The number of hydrogen-bond donors (Lipinski definition) is 1. The Hall–Kier alpha value is -2.59. The molecule has 3 aromatic rings. The van der Waals surface area contributed by atoms with Gasteiger partial charge in [-0.1, -0.05) is 58.6 Å². The van der Waals surface area contributed by atoms with E-state index in [1.54, 1.807) is 54.9 Å². The maximum Gasteiger partial charge on any atom is 0.276 e. The van der Waals surface area contributed by atoms with Crippen molar-refractivity contribution in [3.05, 3.63) is 81.1 Å². The predicted octanol–water partition coefficient (Wildman–Crippen LogP) is 4.74. The number of rotatable bonds is 5. The van der Waals surface area contributed by atoms with Crippen LogP contribution in [-0.2, 0) is 10.0 Å². The third-order valence-corrected chi connectivity index (χ3v) is 8.46. The Kier molecular flexibility index (Phi) is 6.76. The smallest absolute Gasteiger partial charge is 0.276 e. The number of sulfonamides is 1. The van der Waals surface area contributed by atoms with Crippen molar-refractivity contribution in [1.29, 1.82) is 0 Å². The monoisotopic (exact) mass is 564 g/mol. The lowest BCUT2D eigenvalue weighted by atomic mass is 10.1. The van der Waals surface area contributed by atoms with E-state index >= 15 is 0 Å². The summed E-state index contributed by atoms with van der Waals surface area (Å²) in [5.41, 5.74) is 1.16. The van der Waals surface area contributed by atoms with Crippen molar-refractivity contribution in [1.82, 2.24) is 19.7 Å². The van der Waals surface area contributed by atoms with E-state index in [0.29, 0.717) is 52.0 Å². The lowest BCUT2D eigenvalue weighted by molar-refractivity contribution is 0.258. The first-order valence-electron chi connectivity index (χ1n) is 11.3. The molecule has 2 aliphatic rings. The van der Waals surface area contributed by atoms with Crippen molar-refractivity contribution in [2.45, 2.75) is 30.2 Å². The number of aryl methyl sites for hydroxylation is 1. The molecule has 0 unspecified atom stereocenters. The number of amidine groups is 1. The van der Waals surface area contributed by atoms with Gasteiger partial charge in [0.1, 0.15) is 0 Å². The zero-order valence-corrected chi connectivity index (χ0v) is 22.4. The van der Waals surface area contributed by atoms with Crippen LogP contribution in [-0.4, -0.2) is 54.3 Å². The molecule has 2 aromatic carbocycles. The van der Waals surface area contributed by atoms with Crippen LogP contribution in [0.15, 0.2) is 64.9 Å². The summed E-state index contributed by atoms with van der Waals surface area (Å²) >= 11 is 19.1. The van der Waals surface area contributed by atoms with Crippen molar-refractivity contribution < 1.29 is 8.42 Å². The summed E-state index contributed by atoms with van der Waals surface area (Å²) in [4.78, 5) is 15.4. The molecule has 0 atom stereocenters. The molecule has 1 aliphatic carbocycles. The molecule has 188 valence electrons. The molecule has 1 spiro atoms. The Balaban J connectivity index is 1.50. The van der Waals surface area contributed by atoms with Gasteiger partial charge in [-0.3, -0.25) is 0 Å². The van der Waals surface area contributed by atoms with Gasteiger partial charge >= 0.3 is 0 Å². The minimum absolute atomic E-state index is 0.118. The van der Waals surface area contributed by atoms with E-state index in [4.69, 9.17) is 34.8 Å². The van der Waals surface area contributed by atoms with Crippen LogP contribution in [0.2, 0.25) is 15.1 Å². The largest absolute Gasteiger partial charge is 0.345 e. The van der Waals surface area contributed by atoms with Gasteiger partial charge in [0.2, 0.25) is 5.95 Å². The Morgan fingerprint density at radius 2 is 1.64 bits per heavy atom. The minimum Gasteiger partial charge on any atom is -0.345 e. The van der Waals surface area contributed by atoms with Crippen molar-refractivity contribution in [2.75, 3.05) is 24.5 Å². The molecule has 2 heterocycles. The van der Waals surface area contributed by atoms with Crippen molar-refractivity contribution in [2.24, 2.45) is 5.10 Å². The number of nitrogens with one attached hydrogen (secondary N) is 1. The highest BCUT2D eigenvalue weighted by Gasteiger charge is 2.53. The van der Waals surface area contributed by atoms with E-state index in [1.807, 2.05) is 6.92 Å². The van der Waals surface area contributed by atoms with Crippen LogP contribution < -0.4 is 9.73 Å². The van der Waals surface area contributed by atoms with Crippen LogP contribution in [0.4, 0.5) is 5.95 Å². The molecule has 1 saturated heterocycles. The summed E-state index contributed by atoms with van der Waals surface area (Å²) in [7, 11) is -3.91. The third-order valence-electron chi connectivity index (χ3n) is 6.41. The molecular formula is C24H23Cl3N6O2S. The first-order chi connectivity index (χ1) is 17.2. The van der Waals surface area contributed by atoms with Crippen LogP contribution in [0.3, 0.4) is 0 Å². The number of hydrogen-bond acceptors (Lipinski definition) is 6. The molecule has 1 aliphatic heterocycles. The Morgan fingerprint density at radius 3 is 2.25 bits per heavy atom. The zero-order chi connectivity index (χ0) is 25.5. The van der Waals surface area contributed by atoms with E-state index in [1.165, 1.54) is 0 Å². The normalized spacial score (nSPS) is 17.4. The molecule has 1 N–H and O–H groups in total. The van der Waals surface area contributed by atoms with E-state index in [0.717, 1.165) is 18.4 Å². The van der Waals surface area contributed by atoms with Crippen LogP contribution in [0, 0.1) is 6.92 Å². The molecule has 0 bridgehead atoms.